The molecule has 0 unspecified atom stereocenters. The zero-order chi connectivity index (χ0) is 22.6. The van der Waals surface area contributed by atoms with Gasteiger partial charge in [0.2, 0.25) is 0 Å². The molecule has 0 saturated carbocycles. The smallest absolute Gasteiger partial charge is 0.264 e. The van der Waals surface area contributed by atoms with Crippen LogP contribution in [0.2, 0.25) is 0 Å². The number of amides is 1. The van der Waals surface area contributed by atoms with Crippen molar-refractivity contribution in [1.29, 1.82) is 0 Å². The molecule has 0 radical (unpaired) electrons. The van der Waals surface area contributed by atoms with Gasteiger partial charge in [0.15, 0.2) is 0 Å². The topological polar surface area (TPSA) is 66.5 Å². The lowest BCUT2D eigenvalue weighted by Gasteiger charge is -2.21. The summed E-state index contributed by atoms with van der Waals surface area (Å²) >= 11 is 0. The number of aryl methyl sites for hydroxylation is 1. The van der Waals surface area contributed by atoms with Gasteiger partial charge in [-0.1, -0.05) is 55.0 Å². The van der Waals surface area contributed by atoms with Gasteiger partial charge in [-0.25, -0.2) is 12.8 Å². The second-order valence-corrected chi connectivity index (χ2v) is 9.27. The summed E-state index contributed by atoms with van der Waals surface area (Å²) in [6.45, 7) is 3.96. The van der Waals surface area contributed by atoms with Crippen molar-refractivity contribution in [2.24, 2.45) is 0 Å². The van der Waals surface area contributed by atoms with Gasteiger partial charge in [0.1, 0.15) is 5.82 Å². The van der Waals surface area contributed by atoms with Crippen LogP contribution < -0.4 is 9.62 Å². The van der Waals surface area contributed by atoms with Crippen LogP contribution in [-0.2, 0) is 10.0 Å². The Balaban J connectivity index is 1.85. The van der Waals surface area contributed by atoms with Crippen molar-refractivity contribution < 1.29 is 17.6 Å². The monoisotopic (exact) mass is 440 g/mol. The predicted molar refractivity (Wildman–Crippen MR) is 120 cm³/mol. The van der Waals surface area contributed by atoms with E-state index in [2.05, 4.69) is 5.32 Å². The van der Waals surface area contributed by atoms with Crippen molar-refractivity contribution in [2.75, 3.05) is 11.4 Å². The van der Waals surface area contributed by atoms with E-state index < -0.39 is 15.8 Å². The second kappa shape index (κ2) is 9.31. The molecule has 0 aromatic heterocycles. The first kappa shape index (κ1) is 22.5. The summed E-state index contributed by atoms with van der Waals surface area (Å²) in [5.74, 6) is -1.02. The molecule has 1 amide bonds. The highest BCUT2D eigenvalue weighted by Gasteiger charge is 2.24. The first-order chi connectivity index (χ1) is 14.7. The molecular weight excluding hydrogens is 415 g/mol. The standard InChI is InChI=1S/C24H25FN2O3S/c1-4-22(18-14-12-17(2)13-15-18)26-24(28)19-8-7-9-20(16-19)31(29,30)27(3)23-11-6-5-10-21(23)25/h5-16,22H,4H2,1-3H3,(H,26,28)/t22-/m0/s1. The number of sulfonamides is 1. The lowest BCUT2D eigenvalue weighted by Crippen LogP contribution is -2.29. The maximum absolute atomic E-state index is 14.1. The third-order valence-electron chi connectivity index (χ3n) is 5.14. The molecule has 7 heteroatoms. The second-order valence-electron chi connectivity index (χ2n) is 7.30. The predicted octanol–water partition coefficient (Wildman–Crippen LogP) is 4.84. The SMILES string of the molecule is CC[C@H](NC(=O)c1cccc(S(=O)(=O)N(C)c2ccccc2F)c1)c1ccc(C)cc1. The summed E-state index contributed by atoms with van der Waals surface area (Å²) < 4.78 is 41.0. The van der Waals surface area contributed by atoms with E-state index >= 15 is 0 Å². The number of halogens is 1. The highest BCUT2D eigenvalue weighted by atomic mass is 32.2. The summed E-state index contributed by atoms with van der Waals surface area (Å²) in [5, 5.41) is 2.96. The number of benzene rings is 3. The number of hydrogen-bond acceptors (Lipinski definition) is 3. The van der Waals surface area contributed by atoms with Gasteiger partial charge in [-0.05, 0) is 49.2 Å². The van der Waals surface area contributed by atoms with E-state index in [4.69, 9.17) is 0 Å². The Morgan fingerprint density at radius 2 is 1.71 bits per heavy atom. The van der Waals surface area contributed by atoms with E-state index in [1.54, 1.807) is 12.1 Å². The molecule has 3 rings (SSSR count). The minimum Gasteiger partial charge on any atom is -0.345 e. The van der Waals surface area contributed by atoms with E-state index in [1.165, 1.54) is 43.4 Å². The first-order valence-electron chi connectivity index (χ1n) is 9.95. The van der Waals surface area contributed by atoms with Gasteiger partial charge in [-0.15, -0.1) is 0 Å². The van der Waals surface area contributed by atoms with Crippen LogP contribution in [0.1, 0.15) is 40.9 Å². The largest absolute Gasteiger partial charge is 0.345 e. The normalized spacial score (nSPS) is 12.3. The van der Waals surface area contributed by atoms with Gasteiger partial charge in [0, 0.05) is 12.6 Å². The number of carbonyl (C=O) groups is 1. The molecule has 3 aromatic rings. The van der Waals surface area contributed by atoms with Crippen molar-refractivity contribution in [2.45, 2.75) is 31.2 Å². The van der Waals surface area contributed by atoms with Crippen LogP contribution in [0.4, 0.5) is 10.1 Å². The molecule has 0 fully saturated rings. The van der Waals surface area contributed by atoms with Gasteiger partial charge in [0.05, 0.1) is 16.6 Å². The molecule has 1 N–H and O–H groups in total. The number of rotatable bonds is 7. The fourth-order valence-corrected chi connectivity index (χ4v) is 4.50. The van der Waals surface area contributed by atoms with Crippen LogP contribution in [0.3, 0.4) is 0 Å². The van der Waals surface area contributed by atoms with Crippen molar-refractivity contribution in [3.05, 3.63) is 95.3 Å². The molecule has 0 spiro atoms. The van der Waals surface area contributed by atoms with E-state index in [0.29, 0.717) is 6.42 Å². The molecule has 0 heterocycles. The third kappa shape index (κ3) is 4.94. The molecule has 0 aliphatic rings. The van der Waals surface area contributed by atoms with Crippen molar-refractivity contribution in [3.8, 4) is 0 Å². The summed E-state index contributed by atoms with van der Waals surface area (Å²) in [6, 6.07) is 19.1. The van der Waals surface area contributed by atoms with Crippen molar-refractivity contribution >= 4 is 21.6 Å². The van der Waals surface area contributed by atoms with Crippen LogP contribution in [0.5, 0.6) is 0 Å². The molecule has 31 heavy (non-hydrogen) atoms. The summed E-state index contributed by atoms with van der Waals surface area (Å²) in [7, 11) is -2.77. The molecular formula is C24H25FN2O3S. The van der Waals surface area contributed by atoms with E-state index in [9.17, 15) is 17.6 Å². The third-order valence-corrected chi connectivity index (χ3v) is 6.91. The molecule has 0 aliphatic carbocycles. The maximum atomic E-state index is 14.1. The fourth-order valence-electron chi connectivity index (χ4n) is 3.25. The minimum atomic E-state index is -4.05. The molecule has 162 valence electrons. The highest BCUT2D eigenvalue weighted by molar-refractivity contribution is 7.92. The van der Waals surface area contributed by atoms with Crippen LogP contribution >= 0.6 is 0 Å². The Kier molecular flexibility index (Phi) is 6.75. The average molecular weight is 441 g/mol. The van der Waals surface area contributed by atoms with Crippen molar-refractivity contribution in [1.82, 2.24) is 5.32 Å². The molecule has 0 aliphatic heterocycles. The number of hydrogen-bond donors (Lipinski definition) is 1. The molecule has 1 atom stereocenters. The number of anilines is 1. The van der Waals surface area contributed by atoms with Gasteiger partial charge in [-0.3, -0.25) is 9.10 Å². The molecule has 0 bridgehead atoms. The maximum Gasteiger partial charge on any atom is 0.264 e. The van der Waals surface area contributed by atoms with Gasteiger partial charge in [0.25, 0.3) is 15.9 Å². The first-order valence-corrected chi connectivity index (χ1v) is 11.4. The Bertz CT molecular complexity index is 1180. The molecule has 3 aromatic carbocycles. The lowest BCUT2D eigenvalue weighted by molar-refractivity contribution is 0.0935. The molecule has 5 nitrogen and oxygen atoms in total. The lowest BCUT2D eigenvalue weighted by atomic mass is 10.0. The van der Waals surface area contributed by atoms with Gasteiger partial charge >= 0.3 is 0 Å². The van der Waals surface area contributed by atoms with Gasteiger partial charge < -0.3 is 5.32 Å². The summed E-state index contributed by atoms with van der Waals surface area (Å²) in [4.78, 5) is 12.8. The summed E-state index contributed by atoms with van der Waals surface area (Å²) in [5.41, 5.74) is 2.25. The highest BCUT2D eigenvalue weighted by Crippen LogP contribution is 2.25. The molecule has 0 saturated heterocycles. The zero-order valence-electron chi connectivity index (χ0n) is 17.7. The van der Waals surface area contributed by atoms with Crippen LogP contribution in [0.25, 0.3) is 0 Å². The average Bonchev–Trinajstić information content (AvgIpc) is 2.78. The Labute approximate surface area is 182 Å². The Morgan fingerprint density at radius 1 is 1.03 bits per heavy atom. The van der Waals surface area contributed by atoms with E-state index in [-0.39, 0.29) is 28.1 Å². The quantitative estimate of drug-likeness (QED) is 0.572. The van der Waals surface area contributed by atoms with E-state index in [1.807, 2.05) is 38.1 Å². The fraction of sp³-hybridized carbons (Fsp3) is 0.208. The summed E-state index contributed by atoms with van der Waals surface area (Å²) in [6.07, 6.45) is 0.683. The van der Waals surface area contributed by atoms with Gasteiger partial charge in [-0.2, -0.15) is 0 Å². The van der Waals surface area contributed by atoms with Crippen LogP contribution in [-0.4, -0.2) is 21.4 Å². The van der Waals surface area contributed by atoms with Crippen molar-refractivity contribution in [3.63, 3.8) is 0 Å². The number of nitrogens with zero attached hydrogens (tertiary/aromatic N) is 1. The van der Waals surface area contributed by atoms with E-state index in [0.717, 1.165) is 15.4 Å². The zero-order valence-corrected chi connectivity index (χ0v) is 18.5. The number of para-hydroxylation sites is 1. The Hall–Kier alpha value is -3.19. The minimum absolute atomic E-state index is 0.0669. The van der Waals surface area contributed by atoms with Crippen LogP contribution in [0, 0.1) is 12.7 Å². The number of nitrogens with one attached hydrogen (secondary N) is 1. The Morgan fingerprint density at radius 3 is 2.35 bits per heavy atom. The number of carbonyl (C=O) groups excluding carboxylic acids is 1. The van der Waals surface area contributed by atoms with Crippen LogP contribution in [0.15, 0.2) is 77.7 Å².